The fraction of sp³-hybridized carbons (Fsp3) is 0.452. The van der Waals surface area contributed by atoms with E-state index in [0.717, 1.165) is 12.0 Å². The van der Waals surface area contributed by atoms with E-state index in [1.165, 1.54) is 4.90 Å². The maximum absolute atomic E-state index is 14.1. The summed E-state index contributed by atoms with van der Waals surface area (Å²) in [5, 5.41) is 6.06. The number of alkyl carbamates (subject to hydrolysis) is 1. The Kier molecular flexibility index (Phi) is 11.4. The van der Waals surface area contributed by atoms with Crippen LogP contribution in [0.4, 0.5) is 10.5 Å². The summed E-state index contributed by atoms with van der Waals surface area (Å²) in [6.45, 7) is 13.1. The van der Waals surface area contributed by atoms with Gasteiger partial charge in [-0.15, -0.1) is 6.42 Å². The van der Waals surface area contributed by atoms with E-state index >= 15 is 0 Å². The van der Waals surface area contributed by atoms with Crippen LogP contribution in [0.25, 0.3) is 0 Å². The molecule has 2 atom stereocenters. The van der Waals surface area contributed by atoms with Crippen LogP contribution in [0.2, 0.25) is 5.02 Å². The van der Waals surface area contributed by atoms with Gasteiger partial charge in [-0.05, 0) is 69.4 Å². The number of unbranched alkanes of at least 4 members (excludes halogenated alkanes) is 1. The van der Waals surface area contributed by atoms with Crippen LogP contribution in [0, 0.1) is 25.2 Å². The van der Waals surface area contributed by atoms with Gasteiger partial charge in [0.05, 0.1) is 10.7 Å². The minimum Gasteiger partial charge on any atom is -0.444 e. The van der Waals surface area contributed by atoms with Gasteiger partial charge in [-0.2, -0.15) is 0 Å². The number of nitrogens with zero attached hydrogens (tertiary/aromatic N) is 1. The van der Waals surface area contributed by atoms with Crippen molar-refractivity contribution in [2.75, 3.05) is 11.9 Å². The molecule has 39 heavy (non-hydrogen) atoms. The van der Waals surface area contributed by atoms with E-state index in [1.807, 2.05) is 33.8 Å². The summed E-state index contributed by atoms with van der Waals surface area (Å²) in [4.78, 5) is 42.3. The summed E-state index contributed by atoms with van der Waals surface area (Å²) in [5.41, 5.74) is 1.77. The number of benzene rings is 2. The first-order valence-electron chi connectivity index (χ1n) is 13.2. The van der Waals surface area contributed by atoms with Crippen molar-refractivity contribution in [3.63, 3.8) is 0 Å². The highest BCUT2D eigenvalue weighted by atomic mass is 35.5. The topological polar surface area (TPSA) is 87.7 Å². The summed E-state index contributed by atoms with van der Waals surface area (Å²) >= 11 is 6.41. The molecule has 0 aromatic heterocycles. The van der Waals surface area contributed by atoms with Gasteiger partial charge in [0.1, 0.15) is 17.7 Å². The zero-order chi connectivity index (χ0) is 29.3. The normalized spacial score (nSPS) is 12.7. The highest BCUT2D eigenvalue weighted by molar-refractivity contribution is 6.34. The van der Waals surface area contributed by atoms with Crippen molar-refractivity contribution in [3.8, 4) is 12.3 Å². The number of carbonyl (C=O) groups is 3. The first kappa shape index (κ1) is 31.7. The molecule has 2 N–H and O–H groups in total. The van der Waals surface area contributed by atoms with E-state index in [2.05, 4.69) is 16.6 Å². The molecule has 0 aliphatic rings. The molecule has 7 nitrogen and oxygen atoms in total. The second-order valence-electron chi connectivity index (χ2n) is 10.8. The molecular formula is C31H40ClN3O4. The number of anilines is 1. The molecule has 0 saturated carbocycles. The average Bonchev–Trinajstić information content (AvgIpc) is 2.85. The fourth-order valence-corrected chi connectivity index (χ4v) is 4.31. The Hall–Kier alpha value is -3.50. The summed E-state index contributed by atoms with van der Waals surface area (Å²) in [7, 11) is 0. The second-order valence-corrected chi connectivity index (χ2v) is 11.3. The van der Waals surface area contributed by atoms with Crippen LogP contribution in [0.15, 0.2) is 42.5 Å². The quantitative estimate of drug-likeness (QED) is 0.329. The molecular weight excluding hydrogens is 514 g/mol. The molecule has 2 unspecified atom stereocenters. The van der Waals surface area contributed by atoms with Crippen LogP contribution in [0.3, 0.4) is 0 Å². The van der Waals surface area contributed by atoms with Crippen LogP contribution < -0.4 is 10.6 Å². The number of aryl methyl sites for hydroxylation is 1. The zero-order valence-corrected chi connectivity index (χ0v) is 24.7. The number of ether oxygens (including phenoxy) is 1. The summed E-state index contributed by atoms with van der Waals surface area (Å²) < 4.78 is 5.42. The van der Waals surface area contributed by atoms with E-state index in [9.17, 15) is 14.4 Å². The van der Waals surface area contributed by atoms with Gasteiger partial charge in [0.25, 0.3) is 5.91 Å². The first-order chi connectivity index (χ1) is 18.3. The lowest BCUT2D eigenvalue weighted by Gasteiger charge is -2.35. The van der Waals surface area contributed by atoms with Crippen molar-refractivity contribution in [1.29, 1.82) is 0 Å². The van der Waals surface area contributed by atoms with E-state index in [1.54, 1.807) is 57.2 Å². The standard InChI is InChI=1S/C31H40ClN3O4/c1-9-11-19-35(29(37)25(20(3)4)34-30(38)39-31(6,7)8)27(23-17-15-22(10-2)16-18-23)28(36)33-26-21(5)13-12-14-24(26)32/h2,12-18,20,25,27H,9,11,19H2,1,3-8H3,(H,33,36)(H,34,38). The van der Waals surface area contributed by atoms with Gasteiger partial charge < -0.3 is 20.3 Å². The Labute approximate surface area is 237 Å². The van der Waals surface area contributed by atoms with Crippen molar-refractivity contribution in [2.45, 2.75) is 79.0 Å². The van der Waals surface area contributed by atoms with Gasteiger partial charge in [-0.3, -0.25) is 9.59 Å². The third-order valence-corrected chi connectivity index (χ3v) is 6.38. The summed E-state index contributed by atoms with van der Waals surface area (Å²) in [6.07, 6.45) is 6.30. The molecule has 0 saturated heterocycles. The summed E-state index contributed by atoms with van der Waals surface area (Å²) in [5.74, 6) is 1.49. The van der Waals surface area contributed by atoms with Crippen LogP contribution in [0.1, 0.15) is 77.1 Å². The smallest absolute Gasteiger partial charge is 0.408 e. The van der Waals surface area contributed by atoms with Gasteiger partial charge >= 0.3 is 6.09 Å². The van der Waals surface area contributed by atoms with E-state index in [-0.39, 0.29) is 11.8 Å². The zero-order valence-electron chi connectivity index (χ0n) is 23.9. The molecule has 2 aromatic carbocycles. The summed E-state index contributed by atoms with van der Waals surface area (Å²) in [6, 6.07) is 10.4. The number of nitrogens with one attached hydrogen (secondary N) is 2. The number of rotatable bonds is 10. The van der Waals surface area contributed by atoms with Gasteiger partial charge in [-0.25, -0.2) is 4.79 Å². The van der Waals surface area contributed by atoms with E-state index < -0.39 is 29.7 Å². The van der Waals surface area contributed by atoms with Crippen LogP contribution >= 0.6 is 11.6 Å². The van der Waals surface area contributed by atoms with Crippen molar-refractivity contribution < 1.29 is 19.1 Å². The monoisotopic (exact) mass is 553 g/mol. The number of carbonyl (C=O) groups excluding carboxylic acids is 3. The maximum Gasteiger partial charge on any atom is 0.408 e. The number of para-hydroxylation sites is 1. The Bertz CT molecular complexity index is 1180. The maximum atomic E-state index is 14.1. The molecule has 0 heterocycles. The van der Waals surface area contributed by atoms with Crippen molar-refractivity contribution >= 4 is 35.2 Å². The van der Waals surface area contributed by atoms with E-state index in [4.69, 9.17) is 22.8 Å². The minimum absolute atomic E-state index is 0.271. The predicted octanol–water partition coefficient (Wildman–Crippen LogP) is 6.49. The van der Waals surface area contributed by atoms with Crippen molar-refractivity contribution in [1.82, 2.24) is 10.2 Å². The average molecular weight is 554 g/mol. The third-order valence-electron chi connectivity index (χ3n) is 6.06. The van der Waals surface area contributed by atoms with Crippen LogP contribution in [-0.2, 0) is 14.3 Å². The lowest BCUT2D eigenvalue weighted by atomic mass is 9.97. The van der Waals surface area contributed by atoms with E-state index in [0.29, 0.717) is 34.8 Å². The molecule has 0 aliphatic carbocycles. The lowest BCUT2D eigenvalue weighted by Crippen LogP contribution is -2.54. The molecule has 0 fully saturated rings. The van der Waals surface area contributed by atoms with Crippen LogP contribution in [-0.4, -0.2) is 41.0 Å². The van der Waals surface area contributed by atoms with Gasteiger partial charge in [0, 0.05) is 12.1 Å². The Balaban J connectivity index is 2.57. The van der Waals surface area contributed by atoms with Crippen LogP contribution in [0.5, 0.6) is 0 Å². The number of hydrogen-bond acceptors (Lipinski definition) is 4. The molecule has 210 valence electrons. The van der Waals surface area contributed by atoms with Gasteiger partial charge in [0.15, 0.2) is 0 Å². The Morgan fingerprint density at radius 1 is 1.10 bits per heavy atom. The largest absolute Gasteiger partial charge is 0.444 e. The van der Waals surface area contributed by atoms with Crippen molar-refractivity contribution in [2.24, 2.45) is 5.92 Å². The second kappa shape index (κ2) is 14.0. The Morgan fingerprint density at radius 2 is 1.74 bits per heavy atom. The number of terminal acetylenes is 1. The molecule has 0 aliphatic heterocycles. The molecule has 2 aromatic rings. The number of hydrogen-bond donors (Lipinski definition) is 2. The minimum atomic E-state index is -1.01. The molecule has 0 radical (unpaired) electrons. The van der Waals surface area contributed by atoms with Gasteiger partial charge in [0.2, 0.25) is 5.91 Å². The highest BCUT2D eigenvalue weighted by Gasteiger charge is 2.37. The van der Waals surface area contributed by atoms with Gasteiger partial charge in [-0.1, -0.05) is 69.0 Å². The third kappa shape index (κ3) is 9.04. The number of halogens is 1. The first-order valence-corrected chi connectivity index (χ1v) is 13.6. The molecule has 0 bridgehead atoms. The molecule has 3 amide bonds. The predicted molar refractivity (Wildman–Crippen MR) is 157 cm³/mol. The highest BCUT2D eigenvalue weighted by Crippen LogP contribution is 2.30. The van der Waals surface area contributed by atoms with Crippen molar-refractivity contribution in [3.05, 3.63) is 64.2 Å². The SMILES string of the molecule is C#Cc1ccc(C(C(=O)Nc2c(C)cccc2Cl)N(CCCC)C(=O)C(NC(=O)OC(C)(C)C)C(C)C)cc1. The molecule has 2 rings (SSSR count). The lowest BCUT2D eigenvalue weighted by molar-refractivity contribution is -0.141. The number of amides is 3. The molecule has 8 heteroatoms. The Morgan fingerprint density at radius 3 is 2.26 bits per heavy atom. The fourth-order valence-electron chi connectivity index (χ4n) is 4.04. The molecule has 0 spiro atoms.